The first-order valence-electron chi connectivity index (χ1n) is 7.71. The van der Waals surface area contributed by atoms with Crippen molar-refractivity contribution in [3.05, 3.63) is 47.5 Å². The van der Waals surface area contributed by atoms with Crippen LogP contribution in [0.4, 0.5) is 0 Å². The summed E-state index contributed by atoms with van der Waals surface area (Å²) in [4.78, 5) is 11.9. The maximum atomic E-state index is 11.9. The Morgan fingerprint density at radius 2 is 1.48 bits per heavy atom. The van der Waals surface area contributed by atoms with E-state index in [4.69, 9.17) is 23.7 Å². The van der Waals surface area contributed by atoms with Crippen LogP contribution in [0.1, 0.15) is 11.1 Å². The van der Waals surface area contributed by atoms with Crippen LogP contribution in [0.5, 0.6) is 23.0 Å². The SMILES string of the molecule is COc1ccc(OCC(=O)OCc2cc(OC)c(OC)cc2C)cc1. The molecule has 2 rings (SSSR count). The third kappa shape index (κ3) is 5.04. The van der Waals surface area contributed by atoms with Gasteiger partial charge >= 0.3 is 5.97 Å². The van der Waals surface area contributed by atoms with Gasteiger partial charge in [0.15, 0.2) is 18.1 Å². The fourth-order valence-electron chi connectivity index (χ4n) is 2.19. The molecule has 0 aromatic heterocycles. The van der Waals surface area contributed by atoms with E-state index in [1.807, 2.05) is 13.0 Å². The van der Waals surface area contributed by atoms with Gasteiger partial charge in [-0.3, -0.25) is 0 Å². The van der Waals surface area contributed by atoms with Gasteiger partial charge in [0.25, 0.3) is 0 Å². The second-order valence-electron chi connectivity index (χ2n) is 5.26. The van der Waals surface area contributed by atoms with Gasteiger partial charge < -0.3 is 23.7 Å². The summed E-state index contributed by atoms with van der Waals surface area (Å²) in [5.41, 5.74) is 1.79. The van der Waals surface area contributed by atoms with Crippen LogP contribution in [0, 0.1) is 6.92 Å². The summed E-state index contributed by atoms with van der Waals surface area (Å²) in [5.74, 6) is 2.07. The molecule has 0 atom stereocenters. The fourth-order valence-corrected chi connectivity index (χ4v) is 2.19. The molecule has 0 amide bonds. The molecule has 6 nitrogen and oxygen atoms in total. The maximum Gasteiger partial charge on any atom is 0.344 e. The molecule has 0 aliphatic heterocycles. The van der Waals surface area contributed by atoms with Crippen LogP contribution in [0.25, 0.3) is 0 Å². The fraction of sp³-hybridized carbons (Fsp3) is 0.316. The van der Waals surface area contributed by atoms with E-state index in [2.05, 4.69) is 0 Å². The normalized spacial score (nSPS) is 10.1. The van der Waals surface area contributed by atoms with E-state index >= 15 is 0 Å². The standard InChI is InChI=1S/C19H22O6/c1-13-9-17(22-3)18(23-4)10-14(13)11-25-19(20)12-24-16-7-5-15(21-2)6-8-16/h5-10H,11-12H2,1-4H3. The van der Waals surface area contributed by atoms with Crippen molar-refractivity contribution in [3.8, 4) is 23.0 Å². The zero-order valence-electron chi connectivity index (χ0n) is 14.8. The highest BCUT2D eigenvalue weighted by Crippen LogP contribution is 2.30. The Balaban J connectivity index is 1.89. The maximum absolute atomic E-state index is 11.9. The summed E-state index contributed by atoms with van der Waals surface area (Å²) in [6.45, 7) is 1.88. The van der Waals surface area contributed by atoms with E-state index < -0.39 is 5.97 Å². The molecular formula is C19H22O6. The third-order valence-corrected chi connectivity index (χ3v) is 3.65. The average molecular weight is 346 g/mol. The van der Waals surface area contributed by atoms with Crippen LogP contribution >= 0.6 is 0 Å². The molecule has 25 heavy (non-hydrogen) atoms. The Kier molecular flexibility index (Phi) is 6.51. The lowest BCUT2D eigenvalue weighted by molar-refractivity contribution is -0.147. The van der Waals surface area contributed by atoms with Gasteiger partial charge in [-0.25, -0.2) is 4.79 Å². The van der Waals surface area contributed by atoms with Gasteiger partial charge in [0.2, 0.25) is 0 Å². The van der Waals surface area contributed by atoms with E-state index in [1.165, 1.54) is 0 Å². The predicted octanol–water partition coefficient (Wildman–Crippen LogP) is 3.14. The molecule has 2 aromatic rings. The number of carbonyl (C=O) groups excluding carboxylic acids is 1. The molecule has 2 aromatic carbocycles. The topological polar surface area (TPSA) is 63.2 Å². The zero-order valence-corrected chi connectivity index (χ0v) is 14.8. The van der Waals surface area contributed by atoms with Gasteiger partial charge in [-0.2, -0.15) is 0 Å². The minimum absolute atomic E-state index is 0.136. The molecule has 0 aliphatic carbocycles. The number of aryl methyl sites for hydroxylation is 1. The molecule has 0 saturated carbocycles. The number of rotatable bonds is 8. The highest BCUT2D eigenvalue weighted by Gasteiger charge is 2.11. The number of benzene rings is 2. The summed E-state index contributed by atoms with van der Waals surface area (Å²) < 4.78 is 26.2. The minimum Gasteiger partial charge on any atom is -0.497 e. The minimum atomic E-state index is -0.454. The number of hydrogen-bond acceptors (Lipinski definition) is 6. The summed E-state index contributed by atoms with van der Waals surface area (Å²) in [5, 5.41) is 0. The number of ether oxygens (including phenoxy) is 5. The smallest absolute Gasteiger partial charge is 0.344 e. The number of esters is 1. The molecule has 0 N–H and O–H groups in total. The highest BCUT2D eigenvalue weighted by molar-refractivity contribution is 5.71. The molecule has 6 heteroatoms. The van der Waals surface area contributed by atoms with E-state index in [0.717, 1.165) is 16.9 Å². The zero-order chi connectivity index (χ0) is 18.2. The van der Waals surface area contributed by atoms with Gasteiger partial charge in [-0.05, 0) is 54.4 Å². The van der Waals surface area contributed by atoms with Crippen molar-refractivity contribution in [2.24, 2.45) is 0 Å². The second kappa shape index (κ2) is 8.82. The molecule has 0 radical (unpaired) electrons. The van der Waals surface area contributed by atoms with Crippen molar-refractivity contribution in [2.75, 3.05) is 27.9 Å². The Bertz CT molecular complexity index is 709. The Morgan fingerprint density at radius 1 is 0.880 bits per heavy atom. The third-order valence-electron chi connectivity index (χ3n) is 3.65. The van der Waals surface area contributed by atoms with Crippen LogP contribution in [0.3, 0.4) is 0 Å². The van der Waals surface area contributed by atoms with Crippen LogP contribution in [0.2, 0.25) is 0 Å². The second-order valence-corrected chi connectivity index (χ2v) is 5.26. The molecule has 0 fully saturated rings. The van der Waals surface area contributed by atoms with Crippen molar-refractivity contribution >= 4 is 5.97 Å². The lowest BCUT2D eigenvalue weighted by Gasteiger charge is -2.13. The molecular weight excluding hydrogens is 324 g/mol. The molecule has 134 valence electrons. The van der Waals surface area contributed by atoms with Gasteiger partial charge in [0.05, 0.1) is 21.3 Å². The van der Waals surface area contributed by atoms with Gasteiger partial charge in [0, 0.05) is 0 Å². The Labute approximate surface area is 147 Å². The van der Waals surface area contributed by atoms with Crippen molar-refractivity contribution in [1.29, 1.82) is 0 Å². The van der Waals surface area contributed by atoms with Gasteiger partial charge in [-0.1, -0.05) is 0 Å². The summed E-state index contributed by atoms with van der Waals surface area (Å²) >= 11 is 0. The lowest BCUT2D eigenvalue weighted by atomic mass is 10.1. The van der Waals surface area contributed by atoms with Crippen molar-refractivity contribution in [1.82, 2.24) is 0 Å². The number of hydrogen-bond donors (Lipinski definition) is 0. The summed E-state index contributed by atoms with van der Waals surface area (Å²) in [6, 6.07) is 10.6. The predicted molar refractivity (Wildman–Crippen MR) is 92.6 cm³/mol. The van der Waals surface area contributed by atoms with Crippen LogP contribution in [0.15, 0.2) is 36.4 Å². The molecule has 0 saturated heterocycles. The molecule has 0 heterocycles. The Hall–Kier alpha value is -2.89. The van der Waals surface area contributed by atoms with E-state index in [-0.39, 0.29) is 13.2 Å². The number of carbonyl (C=O) groups is 1. The van der Waals surface area contributed by atoms with Gasteiger partial charge in [0.1, 0.15) is 18.1 Å². The first-order chi connectivity index (χ1) is 12.1. The molecule has 0 aliphatic rings. The lowest BCUT2D eigenvalue weighted by Crippen LogP contribution is -2.15. The van der Waals surface area contributed by atoms with Crippen molar-refractivity contribution in [2.45, 2.75) is 13.5 Å². The largest absolute Gasteiger partial charge is 0.497 e. The molecule has 0 unspecified atom stereocenters. The Morgan fingerprint density at radius 3 is 2.08 bits per heavy atom. The quantitative estimate of drug-likeness (QED) is 0.684. The first kappa shape index (κ1) is 18.4. The average Bonchev–Trinajstić information content (AvgIpc) is 2.65. The van der Waals surface area contributed by atoms with Crippen LogP contribution in [-0.4, -0.2) is 33.9 Å². The highest BCUT2D eigenvalue weighted by atomic mass is 16.6. The summed E-state index contributed by atoms with van der Waals surface area (Å²) in [6.07, 6.45) is 0. The number of methoxy groups -OCH3 is 3. The monoisotopic (exact) mass is 346 g/mol. The van der Waals surface area contributed by atoms with E-state index in [9.17, 15) is 4.79 Å². The van der Waals surface area contributed by atoms with Crippen molar-refractivity contribution < 1.29 is 28.5 Å². The first-order valence-corrected chi connectivity index (χ1v) is 7.71. The van der Waals surface area contributed by atoms with Crippen LogP contribution < -0.4 is 18.9 Å². The van der Waals surface area contributed by atoms with E-state index in [0.29, 0.717) is 17.2 Å². The summed E-state index contributed by atoms with van der Waals surface area (Å²) in [7, 11) is 4.72. The van der Waals surface area contributed by atoms with Crippen molar-refractivity contribution in [3.63, 3.8) is 0 Å². The molecule has 0 spiro atoms. The van der Waals surface area contributed by atoms with Crippen LogP contribution in [-0.2, 0) is 16.1 Å². The van der Waals surface area contributed by atoms with Gasteiger partial charge in [-0.15, -0.1) is 0 Å². The van der Waals surface area contributed by atoms with E-state index in [1.54, 1.807) is 51.7 Å². The molecule has 0 bridgehead atoms.